The SMILES string of the molecule is CC(C)c1cccc2c1[nH]c(=O)n2C1CCC(O)NC1=O. The standard InChI is InChI=1S/C15H19N3O3/c1-8(2)9-4-3-5-10-13(9)17-15(21)18(10)11-6-7-12(19)16-14(11)20/h3-5,8,11-12,19H,6-7H2,1-2H3,(H,16,20)(H,17,21). The fourth-order valence-corrected chi connectivity index (χ4v) is 2.99. The highest BCUT2D eigenvalue weighted by atomic mass is 16.3. The number of H-pyrrole nitrogens is 1. The van der Waals surface area contributed by atoms with E-state index in [0.717, 1.165) is 16.6 Å². The van der Waals surface area contributed by atoms with Gasteiger partial charge >= 0.3 is 5.69 Å². The van der Waals surface area contributed by atoms with Crippen molar-refractivity contribution in [3.05, 3.63) is 34.2 Å². The summed E-state index contributed by atoms with van der Waals surface area (Å²) >= 11 is 0. The van der Waals surface area contributed by atoms with Gasteiger partial charge in [-0.3, -0.25) is 9.36 Å². The van der Waals surface area contributed by atoms with Crippen molar-refractivity contribution in [2.75, 3.05) is 0 Å². The lowest BCUT2D eigenvalue weighted by atomic mass is 10.0. The van der Waals surface area contributed by atoms with Crippen LogP contribution in [0.4, 0.5) is 0 Å². The summed E-state index contributed by atoms with van der Waals surface area (Å²) < 4.78 is 1.50. The zero-order valence-electron chi connectivity index (χ0n) is 12.1. The summed E-state index contributed by atoms with van der Waals surface area (Å²) in [6.07, 6.45) is 0.0754. The molecule has 0 bridgehead atoms. The molecule has 21 heavy (non-hydrogen) atoms. The summed E-state index contributed by atoms with van der Waals surface area (Å²) in [5, 5.41) is 12.0. The number of benzene rings is 1. The fourth-order valence-electron chi connectivity index (χ4n) is 2.99. The Hall–Kier alpha value is -2.08. The number of nitrogens with one attached hydrogen (secondary N) is 2. The molecule has 6 nitrogen and oxygen atoms in total. The minimum absolute atomic E-state index is 0.280. The molecule has 0 radical (unpaired) electrons. The summed E-state index contributed by atoms with van der Waals surface area (Å²) in [7, 11) is 0. The van der Waals surface area contributed by atoms with Crippen LogP contribution >= 0.6 is 0 Å². The van der Waals surface area contributed by atoms with Gasteiger partial charge in [-0.15, -0.1) is 0 Å². The Bertz CT molecular complexity index is 744. The van der Waals surface area contributed by atoms with Gasteiger partial charge in [-0.1, -0.05) is 26.0 Å². The van der Waals surface area contributed by atoms with E-state index in [2.05, 4.69) is 24.1 Å². The normalized spacial score (nSPS) is 22.8. The van der Waals surface area contributed by atoms with Crippen molar-refractivity contribution in [3.63, 3.8) is 0 Å². The van der Waals surface area contributed by atoms with Crippen molar-refractivity contribution in [1.82, 2.24) is 14.9 Å². The number of amides is 1. The molecule has 0 aliphatic carbocycles. The highest BCUT2D eigenvalue weighted by Crippen LogP contribution is 2.27. The fraction of sp³-hybridized carbons (Fsp3) is 0.467. The first kappa shape index (κ1) is 13.9. The third kappa shape index (κ3) is 2.25. The molecule has 1 aromatic heterocycles. The largest absolute Gasteiger partial charge is 0.374 e. The smallest absolute Gasteiger partial charge is 0.327 e. The molecule has 3 N–H and O–H groups in total. The quantitative estimate of drug-likeness (QED) is 0.777. The van der Waals surface area contributed by atoms with Gasteiger partial charge in [0.1, 0.15) is 12.3 Å². The van der Waals surface area contributed by atoms with E-state index in [1.54, 1.807) is 0 Å². The van der Waals surface area contributed by atoms with Gasteiger partial charge in [-0.2, -0.15) is 0 Å². The first-order valence-electron chi connectivity index (χ1n) is 7.20. The minimum Gasteiger partial charge on any atom is -0.374 e. The number of piperidine rings is 1. The van der Waals surface area contributed by atoms with Crippen molar-refractivity contribution in [2.45, 2.75) is 44.9 Å². The Labute approximate surface area is 121 Å². The van der Waals surface area contributed by atoms with E-state index >= 15 is 0 Å². The number of para-hydroxylation sites is 1. The summed E-state index contributed by atoms with van der Waals surface area (Å²) in [5.41, 5.74) is 2.30. The van der Waals surface area contributed by atoms with E-state index in [1.807, 2.05) is 18.2 Å². The zero-order valence-corrected chi connectivity index (χ0v) is 12.1. The van der Waals surface area contributed by atoms with Gasteiger partial charge in [0.15, 0.2) is 0 Å². The number of rotatable bonds is 2. The predicted octanol–water partition coefficient (Wildman–Crippen LogP) is 1.22. The second kappa shape index (κ2) is 5.04. The van der Waals surface area contributed by atoms with Crippen LogP contribution in [0.2, 0.25) is 0 Å². The average molecular weight is 289 g/mol. The maximum atomic E-state index is 12.3. The van der Waals surface area contributed by atoms with Crippen LogP contribution in [0.15, 0.2) is 23.0 Å². The third-order valence-electron chi connectivity index (χ3n) is 4.04. The Morgan fingerprint density at radius 3 is 2.71 bits per heavy atom. The number of aromatic nitrogens is 2. The molecular formula is C15H19N3O3. The zero-order chi connectivity index (χ0) is 15.1. The van der Waals surface area contributed by atoms with Crippen LogP contribution in [0.3, 0.4) is 0 Å². The molecular weight excluding hydrogens is 270 g/mol. The van der Waals surface area contributed by atoms with Crippen molar-refractivity contribution >= 4 is 16.9 Å². The van der Waals surface area contributed by atoms with Crippen molar-refractivity contribution in [1.29, 1.82) is 0 Å². The van der Waals surface area contributed by atoms with Gasteiger partial charge in [0.05, 0.1) is 11.0 Å². The third-order valence-corrected chi connectivity index (χ3v) is 4.04. The molecule has 1 amide bonds. The number of nitrogens with zero attached hydrogens (tertiary/aromatic N) is 1. The van der Waals surface area contributed by atoms with E-state index in [4.69, 9.17) is 0 Å². The van der Waals surface area contributed by atoms with E-state index in [9.17, 15) is 14.7 Å². The average Bonchev–Trinajstić information content (AvgIpc) is 2.74. The van der Waals surface area contributed by atoms with Gasteiger partial charge in [0, 0.05) is 0 Å². The molecule has 2 aromatic rings. The topological polar surface area (TPSA) is 87.1 Å². The Kier molecular flexibility index (Phi) is 3.33. The van der Waals surface area contributed by atoms with Crippen molar-refractivity contribution < 1.29 is 9.90 Å². The molecule has 112 valence electrons. The minimum atomic E-state index is -0.819. The van der Waals surface area contributed by atoms with Crippen molar-refractivity contribution in [3.8, 4) is 0 Å². The Morgan fingerprint density at radius 2 is 2.05 bits per heavy atom. The maximum absolute atomic E-state index is 12.3. The number of carbonyl (C=O) groups is 1. The van der Waals surface area contributed by atoms with Crippen LogP contribution < -0.4 is 11.0 Å². The predicted molar refractivity (Wildman–Crippen MR) is 79.1 cm³/mol. The number of aliphatic hydroxyl groups excluding tert-OH is 1. The lowest BCUT2D eigenvalue weighted by Crippen LogP contribution is -2.46. The van der Waals surface area contributed by atoms with Crippen LogP contribution in [0.5, 0.6) is 0 Å². The molecule has 1 aliphatic rings. The molecule has 6 heteroatoms. The van der Waals surface area contributed by atoms with Gasteiger partial charge in [0.25, 0.3) is 0 Å². The number of aliphatic hydroxyl groups is 1. The molecule has 3 rings (SSSR count). The monoisotopic (exact) mass is 289 g/mol. The lowest BCUT2D eigenvalue weighted by Gasteiger charge is -2.26. The maximum Gasteiger partial charge on any atom is 0.327 e. The molecule has 1 fully saturated rings. The number of carbonyl (C=O) groups excluding carboxylic acids is 1. The van der Waals surface area contributed by atoms with Gasteiger partial charge in [-0.05, 0) is 30.4 Å². The number of aromatic amines is 1. The van der Waals surface area contributed by atoms with E-state index in [0.29, 0.717) is 12.8 Å². The highest BCUT2D eigenvalue weighted by molar-refractivity contribution is 5.85. The molecule has 2 heterocycles. The first-order chi connectivity index (χ1) is 9.99. The van der Waals surface area contributed by atoms with Crippen LogP contribution in [-0.2, 0) is 4.79 Å². The van der Waals surface area contributed by atoms with Crippen LogP contribution in [-0.4, -0.2) is 26.8 Å². The summed E-state index contributed by atoms with van der Waals surface area (Å²) in [6, 6.07) is 5.16. The van der Waals surface area contributed by atoms with Crippen LogP contribution in [0.25, 0.3) is 11.0 Å². The molecule has 1 saturated heterocycles. The highest BCUT2D eigenvalue weighted by Gasteiger charge is 2.30. The van der Waals surface area contributed by atoms with Gasteiger partial charge in [-0.25, -0.2) is 4.79 Å². The Morgan fingerprint density at radius 1 is 1.29 bits per heavy atom. The van der Waals surface area contributed by atoms with Gasteiger partial charge < -0.3 is 15.4 Å². The summed E-state index contributed by atoms with van der Waals surface area (Å²) in [6.45, 7) is 4.13. The van der Waals surface area contributed by atoms with E-state index in [1.165, 1.54) is 4.57 Å². The van der Waals surface area contributed by atoms with E-state index in [-0.39, 0.29) is 17.5 Å². The Balaban J connectivity index is 2.15. The molecule has 2 unspecified atom stereocenters. The lowest BCUT2D eigenvalue weighted by molar-refractivity contribution is -0.130. The molecule has 0 saturated carbocycles. The number of fused-ring (bicyclic) bond motifs is 1. The molecule has 1 aliphatic heterocycles. The van der Waals surface area contributed by atoms with Crippen molar-refractivity contribution in [2.24, 2.45) is 0 Å². The molecule has 0 spiro atoms. The second-order valence-corrected chi connectivity index (χ2v) is 5.81. The molecule has 2 atom stereocenters. The van der Waals surface area contributed by atoms with Crippen LogP contribution in [0, 0.1) is 0 Å². The number of hydrogen-bond donors (Lipinski definition) is 3. The van der Waals surface area contributed by atoms with Crippen LogP contribution in [0.1, 0.15) is 44.2 Å². The number of hydrogen-bond acceptors (Lipinski definition) is 3. The number of imidazole rings is 1. The summed E-state index contributed by atoms with van der Waals surface area (Å²) in [5.74, 6) is -0.0334. The first-order valence-corrected chi connectivity index (χ1v) is 7.20. The van der Waals surface area contributed by atoms with Gasteiger partial charge in [0.2, 0.25) is 5.91 Å². The van der Waals surface area contributed by atoms with E-state index < -0.39 is 12.3 Å². The summed E-state index contributed by atoms with van der Waals surface area (Å²) in [4.78, 5) is 27.2. The second-order valence-electron chi connectivity index (χ2n) is 5.81. The molecule has 1 aromatic carbocycles.